The van der Waals surface area contributed by atoms with Crippen LogP contribution in [0.2, 0.25) is 0 Å². The Kier molecular flexibility index (Phi) is 8.61. The van der Waals surface area contributed by atoms with Gasteiger partial charge in [-0.25, -0.2) is 14.4 Å². The minimum absolute atomic E-state index is 0.216. The number of nitrogens with one attached hydrogen (secondary N) is 2. The van der Waals surface area contributed by atoms with Gasteiger partial charge in [0.1, 0.15) is 11.4 Å². The highest BCUT2D eigenvalue weighted by Gasteiger charge is 2.35. The van der Waals surface area contributed by atoms with Crippen LogP contribution < -0.4 is 15.4 Å². The Morgan fingerprint density at radius 1 is 1.03 bits per heavy atom. The zero-order valence-corrected chi connectivity index (χ0v) is 21.2. The molecule has 2 aliphatic heterocycles. The van der Waals surface area contributed by atoms with Crippen molar-refractivity contribution in [3.63, 3.8) is 0 Å². The van der Waals surface area contributed by atoms with Crippen molar-refractivity contribution in [2.45, 2.75) is 46.3 Å². The molecule has 3 rings (SSSR count). The first-order valence-corrected chi connectivity index (χ1v) is 12.0. The Labute approximate surface area is 206 Å². The lowest BCUT2D eigenvalue weighted by Crippen LogP contribution is -2.53. The van der Waals surface area contributed by atoms with Gasteiger partial charge in [-0.05, 0) is 52.3 Å². The number of hydrogen-bond donors (Lipinski definition) is 2. The standard InChI is InChI=1S/C25H36N4O6/c1-6-33-18-10-8-17(9-11-18)21-20(22(30)34-7-2)19(26-23(31)27-21)16-28-12-14-29(15-13-28)24(32)35-25(3,4)5/h8-11,21H,6-7,12-16H2,1-5H3,(H2,26,27,31). The van der Waals surface area contributed by atoms with Crippen LogP contribution in [-0.2, 0) is 14.3 Å². The molecule has 0 radical (unpaired) electrons. The van der Waals surface area contributed by atoms with Crippen LogP contribution in [0.5, 0.6) is 5.75 Å². The van der Waals surface area contributed by atoms with Crippen molar-refractivity contribution in [3.8, 4) is 5.75 Å². The van der Waals surface area contributed by atoms with Gasteiger partial charge in [0.15, 0.2) is 0 Å². The van der Waals surface area contributed by atoms with Crippen LogP contribution in [0.1, 0.15) is 46.2 Å². The van der Waals surface area contributed by atoms with E-state index < -0.39 is 17.6 Å². The maximum absolute atomic E-state index is 13.0. The van der Waals surface area contributed by atoms with E-state index in [9.17, 15) is 14.4 Å². The number of hydrogen-bond acceptors (Lipinski definition) is 7. The summed E-state index contributed by atoms with van der Waals surface area (Å²) in [6.45, 7) is 12.4. The molecule has 3 amide bonds. The second kappa shape index (κ2) is 11.4. The Bertz CT molecular complexity index is 946. The number of amides is 3. The summed E-state index contributed by atoms with van der Waals surface area (Å²) in [5.74, 6) is 0.225. The molecule has 1 aromatic carbocycles. The molecule has 2 N–H and O–H groups in total. The minimum Gasteiger partial charge on any atom is -0.494 e. The van der Waals surface area contributed by atoms with Gasteiger partial charge in [0.2, 0.25) is 0 Å². The second-order valence-electron chi connectivity index (χ2n) is 9.39. The van der Waals surface area contributed by atoms with E-state index in [2.05, 4.69) is 15.5 Å². The molecule has 1 unspecified atom stereocenters. The third kappa shape index (κ3) is 7.11. The molecule has 10 nitrogen and oxygen atoms in total. The molecule has 2 heterocycles. The highest BCUT2D eigenvalue weighted by Crippen LogP contribution is 2.29. The molecule has 0 aromatic heterocycles. The lowest BCUT2D eigenvalue weighted by atomic mass is 9.94. The fraction of sp³-hybridized carbons (Fsp3) is 0.560. The molecular weight excluding hydrogens is 452 g/mol. The SMILES string of the molecule is CCOC(=O)C1=C(CN2CCN(C(=O)OC(C)(C)C)CC2)NC(=O)NC1c1ccc(OCC)cc1. The maximum Gasteiger partial charge on any atom is 0.410 e. The predicted octanol–water partition coefficient (Wildman–Crippen LogP) is 2.81. The van der Waals surface area contributed by atoms with Crippen LogP contribution in [0.3, 0.4) is 0 Å². The van der Waals surface area contributed by atoms with E-state index in [0.717, 1.165) is 5.56 Å². The van der Waals surface area contributed by atoms with Crippen LogP contribution in [0.25, 0.3) is 0 Å². The van der Waals surface area contributed by atoms with Gasteiger partial charge in [-0.2, -0.15) is 0 Å². The van der Waals surface area contributed by atoms with Crippen molar-refractivity contribution >= 4 is 18.1 Å². The normalized spacial score (nSPS) is 19.1. The van der Waals surface area contributed by atoms with Gasteiger partial charge in [0, 0.05) is 38.4 Å². The third-order valence-corrected chi connectivity index (χ3v) is 5.58. The monoisotopic (exact) mass is 488 g/mol. The summed E-state index contributed by atoms with van der Waals surface area (Å²) in [5, 5.41) is 5.65. The number of piperazine rings is 1. The third-order valence-electron chi connectivity index (χ3n) is 5.58. The molecule has 35 heavy (non-hydrogen) atoms. The fourth-order valence-corrected chi connectivity index (χ4v) is 4.00. The van der Waals surface area contributed by atoms with Gasteiger partial charge in [0.25, 0.3) is 0 Å². The smallest absolute Gasteiger partial charge is 0.410 e. The molecule has 0 saturated carbocycles. The van der Waals surface area contributed by atoms with Gasteiger partial charge >= 0.3 is 18.1 Å². The highest BCUT2D eigenvalue weighted by molar-refractivity contribution is 5.95. The Morgan fingerprint density at radius 2 is 1.69 bits per heavy atom. The summed E-state index contributed by atoms with van der Waals surface area (Å²) >= 11 is 0. The van der Waals surface area contributed by atoms with Crippen LogP contribution in [-0.4, -0.2) is 79.4 Å². The molecule has 1 fully saturated rings. The van der Waals surface area contributed by atoms with Gasteiger partial charge in [-0.15, -0.1) is 0 Å². The van der Waals surface area contributed by atoms with E-state index in [4.69, 9.17) is 14.2 Å². The number of nitrogens with zero attached hydrogens (tertiary/aromatic N) is 2. The lowest BCUT2D eigenvalue weighted by molar-refractivity contribution is -0.139. The number of benzene rings is 1. The summed E-state index contributed by atoms with van der Waals surface area (Å²) in [7, 11) is 0. The van der Waals surface area contributed by atoms with Gasteiger partial charge < -0.3 is 29.7 Å². The zero-order valence-electron chi connectivity index (χ0n) is 21.2. The number of carbonyl (C=O) groups is 3. The van der Waals surface area contributed by atoms with Gasteiger partial charge in [0.05, 0.1) is 24.8 Å². The topological polar surface area (TPSA) is 109 Å². The van der Waals surface area contributed by atoms with E-state index in [1.54, 1.807) is 11.8 Å². The maximum atomic E-state index is 13.0. The molecule has 0 bridgehead atoms. The summed E-state index contributed by atoms with van der Waals surface area (Å²) < 4.78 is 16.3. The number of ether oxygens (including phenoxy) is 3. The molecule has 1 saturated heterocycles. The first-order chi connectivity index (χ1) is 16.6. The van der Waals surface area contributed by atoms with E-state index in [1.807, 2.05) is 52.0 Å². The number of carbonyl (C=O) groups excluding carboxylic acids is 3. The molecule has 2 aliphatic rings. The average Bonchev–Trinajstić information content (AvgIpc) is 2.79. The predicted molar refractivity (Wildman–Crippen MR) is 130 cm³/mol. The van der Waals surface area contributed by atoms with Crippen molar-refractivity contribution in [3.05, 3.63) is 41.1 Å². The Morgan fingerprint density at radius 3 is 2.26 bits per heavy atom. The van der Waals surface area contributed by atoms with Crippen molar-refractivity contribution in [1.29, 1.82) is 0 Å². The zero-order chi connectivity index (χ0) is 25.6. The molecular formula is C25H36N4O6. The van der Waals surface area contributed by atoms with Crippen molar-refractivity contribution in [2.75, 3.05) is 45.9 Å². The van der Waals surface area contributed by atoms with Gasteiger partial charge in [-0.3, -0.25) is 4.90 Å². The number of urea groups is 1. The lowest BCUT2D eigenvalue weighted by Gasteiger charge is -2.37. The number of esters is 1. The Hall–Kier alpha value is -3.27. The van der Waals surface area contributed by atoms with E-state index in [-0.39, 0.29) is 18.7 Å². The van der Waals surface area contributed by atoms with Gasteiger partial charge in [-0.1, -0.05) is 12.1 Å². The van der Waals surface area contributed by atoms with Crippen LogP contribution >= 0.6 is 0 Å². The van der Waals surface area contributed by atoms with E-state index >= 15 is 0 Å². The molecule has 1 atom stereocenters. The fourth-order valence-electron chi connectivity index (χ4n) is 4.00. The first kappa shape index (κ1) is 26.3. The quantitative estimate of drug-likeness (QED) is 0.568. The van der Waals surface area contributed by atoms with E-state index in [0.29, 0.717) is 56.4 Å². The summed E-state index contributed by atoms with van der Waals surface area (Å²) in [6, 6.07) is 6.24. The summed E-state index contributed by atoms with van der Waals surface area (Å²) in [5.41, 5.74) is 1.06. The Balaban J connectivity index is 1.79. The van der Waals surface area contributed by atoms with Crippen molar-refractivity contribution in [2.24, 2.45) is 0 Å². The van der Waals surface area contributed by atoms with Crippen LogP contribution in [0.4, 0.5) is 9.59 Å². The average molecular weight is 489 g/mol. The molecule has 1 aromatic rings. The molecule has 0 spiro atoms. The molecule has 0 aliphatic carbocycles. The molecule has 10 heteroatoms. The first-order valence-electron chi connectivity index (χ1n) is 12.0. The van der Waals surface area contributed by atoms with Crippen LogP contribution in [0.15, 0.2) is 35.5 Å². The second-order valence-corrected chi connectivity index (χ2v) is 9.39. The largest absolute Gasteiger partial charge is 0.494 e. The van der Waals surface area contributed by atoms with E-state index in [1.165, 1.54) is 0 Å². The van der Waals surface area contributed by atoms with Crippen molar-refractivity contribution < 1.29 is 28.6 Å². The summed E-state index contributed by atoms with van der Waals surface area (Å²) in [4.78, 5) is 41.7. The van der Waals surface area contributed by atoms with Crippen molar-refractivity contribution in [1.82, 2.24) is 20.4 Å². The highest BCUT2D eigenvalue weighted by atomic mass is 16.6. The minimum atomic E-state index is -0.656. The van der Waals surface area contributed by atoms with Crippen LogP contribution in [0, 0.1) is 0 Å². The number of rotatable bonds is 7. The molecule has 192 valence electrons. The summed E-state index contributed by atoms with van der Waals surface area (Å²) in [6.07, 6.45) is -0.339.